The number of esters is 1. The minimum Gasteiger partial charge on any atom is -0.507 e. The van der Waals surface area contributed by atoms with Gasteiger partial charge in [0.2, 0.25) is 0 Å². The van der Waals surface area contributed by atoms with E-state index in [1.54, 1.807) is 18.2 Å². The molecule has 0 aliphatic heterocycles. The van der Waals surface area contributed by atoms with Crippen LogP contribution in [0.3, 0.4) is 0 Å². The Kier molecular flexibility index (Phi) is 11.1. The summed E-state index contributed by atoms with van der Waals surface area (Å²) in [6.07, 6.45) is 13.4. The number of carbonyl (C=O) groups excluding carboxylic acids is 1. The van der Waals surface area contributed by atoms with E-state index in [0.717, 1.165) is 32.1 Å². The Bertz CT molecular complexity index is 512. The third-order valence-corrected chi connectivity index (χ3v) is 5.30. The largest absolute Gasteiger partial charge is 0.507 e. The smallest absolute Gasteiger partial charge is 0.342 e. The van der Waals surface area contributed by atoms with E-state index in [4.69, 9.17) is 4.74 Å². The fourth-order valence-corrected chi connectivity index (χ4v) is 3.48. The summed E-state index contributed by atoms with van der Waals surface area (Å²) in [6, 6.07) is 6.65. The molecule has 0 amide bonds. The first-order valence-corrected chi connectivity index (χ1v) is 10.6. The zero-order valence-corrected chi connectivity index (χ0v) is 17.1. The molecule has 0 fully saturated rings. The van der Waals surface area contributed by atoms with Crippen molar-refractivity contribution >= 4 is 5.97 Å². The molecule has 0 aliphatic carbocycles. The number of benzene rings is 1. The van der Waals surface area contributed by atoms with E-state index >= 15 is 0 Å². The number of aromatic hydroxyl groups is 1. The topological polar surface area (TPSA) is 46.5 Å². The van der Waals surface area contributed by atoms with E-state index in [1.165, 1.54) is 51.0 Å². The van der Waals surface area contributed by atoms with Gasteiger partial charge >= 0.3 is 5.97 Å². The van der Waals surface area contributed by atoms with Gasteiger partial charge in [0.1, 0.15) is 16.9 Å². The number of rotatable bonds is 14. The quantitative estimate of drug-likeness (QED) is 0.285. The molecule has 0 spiro atoms. The maximum absolute atomic E-state index is 12.7. The fraction of sp³-hybridized carbons (Fsp3) is 0.696. The minimum atomic E-state index is -0.403. The van der Waals surface area contributed by atoms with Gasteiger partial charge in [-0.2, -0.15) is 0 Å². The van der Waals surface area contributed by atoms with Crippen LogP contribution < -0.4 is 0 Å². The number of para-hydroxylation sites is 1. The van der Waals surface area contributed by atoms with Gasteiger partial charge in [-0.3, -0.25) is 0 Å². The molecule has 0 aromatic heterocycles. The maximum Gasteiger partial charge on any atom is 0.342 e. The van der Waals surface area contributed by atoms with Crippen molar-refractivity contribution < 1.29 is 14.6 Å². The Labute approximate surface area is 160 Å². The molecule has 1 aromatic rings. The van der Waals surface area contributed by atoms with Crippen molar-refractivity contribution in [3.05, 3.63) is 29.8 Å². The van der Waals surface area contributed by atoms with E-state index < -0.39 is 11.6 Å². The molecule has 0 saturated carbocycles. The molecule has 1 unspecified atom stereocenters. The Balaban J connectivity index is 2.76. The molecule has 1 N–H and O–H groups in total. The van der Waals surface area contributed by atoms with Gasteiger partial charge in [-0.15, -0.1) is 0 Å². The number of phenols is 1. The Hall–Kier alpha value is -1.51. The summed E-state index contributed by atoms with van der Waals surface area (Å²) in [7, 11) is 0. The first-order chi connectivity index (χ1) is 12.6. The summed E-state index contributed by atoms with van der Waals surface area (Å²) in [6.45, 7) is 6.54. The summed E-state index contributed by atoms with van der Waals surface area (Å²) in [5.41, 5.74) is -0.135. The van der Waals surface area contributed by atoms with Crippen LogP contribution in [0, 0.1) is 0 Å². The van der Waals surface area contributed by atoms with Gasteiger partial charge in [-0.05, 0) is 44.2 Å². The normalized spacial score (nSPS) is 13.3. The average Bonchev–Trinajstić information content (AvgIpc) is 2.65. The lowest BCUT2D eigenvalue weighted by molar-refractivity contribution is -0.0325. The van der Waals surface area contributed by atoms with E-state index in [2.05, 4.69) is 20.8 Å². The highest BCUT2D eigenvalue weighted by Gasteiger charge is 2.32. The molecule has 0 bridgehead atoms. The summed E-state index contributed by atoms with van der Waals surface area (Å²) in [5.74, 6) is -0.398. The Morgan fingerprint density at radius 3 is 1.96 bits per heavy atom. The molecule has 0 radical (unpaired) electrons. The second-order valence-electron chi connectivity index (χ2n) is 7.42. The van der Waals surface area contributed by atoms with Crippen molar-refractivity contribution in [1.82, 2.24) is 0 Å². The third kappa shape index (κ3) is 7.80. The zero-order chi connectivity index (χ0) is 19.3. The van der Waals surface area contributed by atoms with Crippen molar-refractivity contribution in [3.63, 3.8) is 0 Å². The van der Waals surface area contributed by atoms with Gasteiger partial charge in [0, 0.05) is 0 Å². The van der Waals surface area contributed by atoms with Gasteiger partial charge in [0.15, 0.2) is 0 Å². The van der Waals surface area contributed by atoms with Gasteiger partial charge in [-0.25, -0.2) is 4.79 Å². The van der Waals surface area contributed by atoms with Gasteiger partial charge in [0.25, 0.3) is 0 Å². The number of unbranched alkanes of at least 4 members (excludes halogenated alkanes) is 7. The van der Waals surface area contributed by atoms with Crippen LogP contribution in [0.1, 0.15) is 108 Å². The third-order valence-electron chi connectivity index (χ3n) is 5.30. The van der Waals surface area contributed by atoms with Crippen LogP contribution in [-0.4, -0.2) is 16.7 Å². The number of ether oxygens (including phenoxy) is 1. The average molecular weight is 363 g/mol. The minimum absolute atomic E-state index is 0.00330. The SMILES string of the molecule is CCCCCCCC(CC)(CCCCCC)OC(=O)c1ccccc1O. The lowest BCUT2D eigenvalue weighted by Crippen LogP contribution is -2.35. The molecule has 1 rings (SSSR count). The fourth-order valence-electron chi connectivity index (χ4n) is 3.48. The standard InChI is InChI=1S/C23H38O3/c1-4-7-9-11-15-19-23(6-3,18-14-10-8-5-2)26-22(25)20-16-12-13-17-21(20)24/h12-13,16-17,24H,4-11,14-15,18-19H2,1-3H3. The highest BCUT2D eigenvalue weighted by molar-refractivity contribution is 5.92. The van der Waals surface area contributed by atoms with Gasteiger partial charge in [-0.1, -0.05) is 77.8 Å². The van der Waals surface area contributed by atoms with Crippen LogP contribution in [0.25, 0.3) is 0 Å². The zero-order valence-electron chi connectivity index (χ0n) is 17.1. The highest BCUT2D eigenvalue weighted by atomic mass is 16.6. The molecular weight excluding hydrogens is 324 g/mol. The van der Waals surface area contributed by atoms with E-state index in [0.29, 0.717) is 0 Å². The number of phenolic OH excluding ortho intramolecular Hbond substituents is 1. The summed E-state index contributed by atoms with van der Waals surface area (Å²) >= 11 is 0. The summed E-state index contributed by atoms with van der Waals surface area (Å²) < 4.78 is 6.04. The predicted octanol–water partition coefficient (Wildman–Crippen LogP) is 7.03. The van der Waals surface area contributed by atoms with Crippen LogP contribution in [0.5, 0.6) is 5.75 Å². The first-order valence-electron chi connectivity index (χ1n) is 10.6. The van der Waals surface area contributed by atoms with E-state index in [1.807, 2.05) is 0 Å². The second kappa shape index (κ2) is 12.8. The molecule has 3 heteroatoms. The predicted molar refractivity (Wildman–Crippen MR) is 109 cm³/mol. The molecule has 1 aromatic carbocycles. The van der Waals surface area contributed by atoms with Crippen molar-refractivity contribution in [1.29, 1.82) is 0 Å². The van der Waals surface area contributed by atoms with Gasteiger partial charge < -0.3 is 9.84 Å². The Morgan fingerprint density at radius 2 is 1.42 bits per heavy atom. The molecule has 0 heterocycles. The first kappa shape index (κ1) is 22.5. The molecule has 148 valence electrons. The molecular formula is C23H38O3. The lowest BCUT2D eigenvalue weighted by atomic mass is 9.87. The van der Waals surface area contributed by atoms with Crippen molar-refractivity contribution in [2.24, 2.45) is 0 Å². The molecule has 3 nitrogen and oxygen atoms in total. The monoisotopic (exact) mass is 362 g/mol. The maximum atomic E-state index is 12.7. The van der Waals surface area contributed by atoms with Crippen molar-refractivity contribution in [2.75, 3.05) is 0 Å². The molecule has 26 heavy (non-hydrogen) atoms. The number of hydrogen-bond acceptors (Lipinski definition) is 3. The van der Waals surface area contributed by atoms with Crippen molar-refractivity contribution in [3.8, 4) is 5.75 Å². The van der Waals surface area contributed by atoms with Crippen molar-refractivity contribution in [2.45, 2.75) is 103 Å². The summed E-state index contributed by atoms with van der Waals surface area (Å²) in [4.78, 5) is 12.7. The van der Waals surface area contributed by atoms with Crippen LogP contribution in [0.2, 0.25) is 0 Å². The number of hydrogen-bond donors (Lipinski definition) is 1. The van der Waals surface area contributed by atoms with Crippen LogP contribution in [-0.2, 0) is 4.74 Å². The Morgan fingerprint density at radius 1 is 0.885 bits per heavy atom. The molecule has 1 atom stereocenters. The van der Waals surface area contributed by atoms with Gasteiger partial charge in [0.05, 0.1) is 0 Å². The highest BCUT2D eigenvalue weighted by Crippen LogP contribution is 2.32. The van der Waals surface area contributed by atoms with E-state index in [9.17, 15) is 9.90 Å². The van der Waals surface area contributed by atoms with E-state index in [-0.39, 0.29) is 11.3 Å². The van der Waals surface area contributed by atoms with Crippen LogP contribution in [0.15, 0.2) is 24.3 Å². The van der Waals surface area contributed by atoms with Crippen LogP contribution in [0.4, 0.5) is 0 Å². The molecule has 0 saturated heterocycles. The second-order valence-corrected chi connectivity index (χ2v) is 7.42. The molecule has 0 aliphatic rings. The van der Waals surface area contributed by atoms with Crippen LogP contribution >= 0.6 is 0 Å². The summed E-state index contributed by atoms with van der Waals surface area (Å²) in [5, 5.41) is 9.97. The number of carbonyl (C=O) groups is 1. The lowest BCUT2D eigenvalue weighted by Gasteiger charge is -2.33.